The molecule has 31 heavy (non-hydrogen) atoms. The van der Waals surface area contributed by atoms with E-state index in [9.17, 15) is 14.4 Å². The number of anilines is 1. The Hall–Kier alpha value is -2.87. The molecule has 1 aromatic carbocycles. The maximum absolute atomic E-state index is 13.1. The number of carbonyl (C=O) groups excluding carboxylic acids is 1. The van der Waals surface area contributed by atoms with Crippen LogP contribution in [0.1, 0.15) is 35.3 Å². The zero-order chi connectivity index (χ0) is 21.8. The van der Waals surface area contributed by atoms with Crippen LogP contribution in [0.15, 0.2) is 41.7 Å². The summed E-state index contributed by atoms with van der Waals surface area (Å²) in [7, 11) is 1.79. The lowest BCUT2D eigenvalue weighted by Gasteiger charge is -2.36. The van der Waals surface area contributed by atoms with Crippen LogP contribution in [0.2, 0.25) is 0 Å². The molecule has 8 heteroatoms. The first-order valence-electron chi connectivity index (χ1n) is 11.0. The Labute approximate surface area is 182 Å². The van der Waals surface area contributed by atoms with Gasteiger partial charge in [-0.2, -0.15) is 0 Å². The fourth-order valence-corrected chi connectivity index (χ4v) is 4.42. The molecule has 0 unspecified atom stereocenters. The van der Waals surface area contributed by atoms with E-state index in [2.05, 4.69) is 15.0 Å². The minimum Gasteiger partial charge on any atom is -0.411 e. The van der Waals surface area contributed by atoms with Gasteiger partial charge < -0.3 is 19.6 Å². The largest absolute Gasteiger partial charge is 0.411 e. The Morgan fingerprint density at radius 3 is 2.42 bits per heavy atom. The molecule has 2 aliphatic rings. The first-order chi connectivity index (χ1) is 15.1. The highest BCUT2D eigenvalue weighted by atomic mass is 19.1. The zero-order valence-electron chi connectivity index (χ0n) is 18.0. The molecule has 0 saturated carbocycles. The summed E-state index contributed by atoms with van der Waals surface area (Å²) in [5.74, 6) is -0.217. The second-order valence-corrected chi connectivity index (χ2v) is 8.31. The maximum Gasteiger partial charge on any atom is 0.270 e. The third-order valence-electron chi connectivity index (χ3n) is 6.32. The van der Waals surface area contributed by atoms with Gasteiger partial charge in [-0.15, -0.1) is 0 Å². The molecule has 7 nitrogen and oxygen atoms in total. The third kappa shape index (κ3) is 4.74. The fraction of sp³-hybridized carbons (Fsp3) is 0.478. The minimum absolute atomic E-state index is 0.0180. The molecule has 3 heterocycles. The van der Waals surface area contributed by atoms with Crippen LogP contribution < -0.4 is 4.90 Å². The lowest BCUT2D eigenvalue weighted by Crippen LogP contribution is -2.46. The van der Waals surface area contributed by atoms with Crippen LogP contribution >= 0.6 is 0 Å². The van der Waals surface area contributed by atoms with E-state index >= 15 is 0 Å². The Balaban J connectivity index is 1.26. The number of aromatic nitrogens is 1. The molecule has 1 amide bonds. The van der Waals surface area contributed by atoms with Gasteiger partial charge in [-0.25, -0.2) is 4.39 Å². The number of piperazine rings is 1. The average molecular weight is 428 g/mol. The van der Waals surface area contributed by atoms with Crippen LogP contribution in [0.25, 0.3) is 0 Å². The second kappa shape index (κ2) is 9.51. The van der Waals surface area contributed by atoms with Crippen molar-refractivity contribution in [1.82, 2.24) is 14.4 Å². The van der Waals surface area contributed by atoms with Crippen LogP contribution in [0.5, 0.6) is 0 Å². The summed E-state index contributed by atoms with van der Waals surface area (Å²) in [6.07, 6.45) is 4.50. The number of amides is 1. The molecule has 1 fully saturated rings. The molecule has 0 radical (unpaired) electrons. The van der Waals surface area contributed by atoms with Gasteiger partial charge in [0.05, 0.1) is 5.71 Å². The quantitative estimate of drug-likeness (QED) is 0.437. The van der Waals surface area contributed by atoms with Crippen LogP contribution in [0.3, 0.4) is 0 Å². The van der Waals surface area contributed by atoms with Gasteiger partial charge >= 0.3 is 0 Å². The van der Waals surface area contributed by atoms with E-state index in [-0.39, 0.29) is 11.7 Å². The Kier molecular flexibility index (Phi) is 6.56. The highest BCUT2D eigenvalue weighted by Gasteiger charge is 2.27. The van der Waals surface area contributed by atoms with Gasteiger partial charge in [0.25, 0.3) is 5.91 Å². The summed E-state index contributed by atoms with van der Waals surface area (Å²) < 4.78 is 15.1. The topological polar surface area (TPSA) is 64.3 Å². The lowest BCUT2D eigenvalue weighted by atomic mass is 10.1. The molecule has 1 N–H and O–H groups in total. The van der Waals surface area contributed by atoms with E-state index in [1.165, 1.54) is 12.1 Å². The van der Waals surface area contributed by atoms with Gasteiger partial charge in [-0.05, 0) is 49.7 Å². The Morgan fingerprint density at radius 2 is 1.71 bits per heavy atom. The fourth-order valence-electron chi connectivity index (χ4n) is 4.42. The predicted octanol–water partition coefficient (Wildman–Crippen LogP) is 2.88. The molecular formula is C23H30FN5O2. The first-order valence-corrected chi connectivity index (χ1v) is 11.0. The SMILES string of the molecule is CN1CCC(=NO)c2ccn(CCCCN3CCN(c4ccc(F)cc4)CC3)c2C1=O. The van der Waals surface area contributed by atoms with Crippen molar-refractivity contribution in [3.8, 4) is 0 Å². The molecule has 0 aliphatic carbocycles. The van der Waals surface area contributed by atoms with Gasteiger partial charge in [0.15, 0.2) is 0 Å². The van der Waals surface area contributed by atoms with E-state index in [1.54, 1.807) is 11.9 Å². The van der Waals surface area contributed by atoms with Crippen molar-refractivity contribution in [1.29, 1.82) is 0 Å². The number of carbonyl (C=O) groups is 1. The van der Waals surface area contributed by atoms with Crippen molar-refractivity contribution in [2.45, 2.75) is 25.8 Å². The summed E-state index contributed by atoms with van der Waals surface area (Å²) in [5.41, 5.74) is 3.02. The van der Waals surface area contributed by atoms with Crippen molar-refractivity contribution in [2.75, 3.05) is 51.2 Å². The number of hydrogen-bond donors (Lipinski definition) is 1. The summed E-state index contributed by atoms with van der Waals surface area (Å²) >= 11 is 0. The van der Waals surface area contributed by atoms with Gasteiger partial charge in [0.2, 0.25) is 0 Å². The number of oxime groups is 1. The zero-order valence-corrected chi connectivity index (χ0v) is 18.0. The van der Waals surface area contributed by atoms with Crippen molar-refractivity contribution in [3.05, 3.63) is 53.6 Å². The molecule has 1 saturated heterocycles. The number of nitrogens with zero attached hydrogens (tertiary/aromatic N) is 5. The van der Waals surface area contributed by atoms with Crippen molar-refractivity contribution >= 4 is 17.3 Å². The number of aryl methyl sites for hydroxylation is 1. The third-order valence-corrected chi connectivity index (χ3v) is 6.32. The van der Waals surface area contributed by atoms with Crippen LogP contribution in [-0.2, 0) is 6.54 Å². The normalized spacial score (nSPS) is 19.0. The van der Waals surface area contributed by atoms with E-state index in [0.717, 1.165) is 63.4 Å². The van der Waals surface area contributed by atoms with Crippen molar-refractivity contribution in [3.63, 3.8) is 0 Å². The Bertz CT molecular complexity index is 932. The molecule has 166 valence electrons. The molecule has 4 rings (SSSR count). The highest BCUT2D eigenvalue weighted by molar-refractivity contribution is 6.11. The monoisotopic (exact) mass is 427 g/mol. The predicted molar refractivity (Wildman–Crippen MR) is 119 cm³/mol. The van der Waals surface area contributed by atoms with Crippen LogP contribution in [0, 0.1) is 5.82 Å². The highest BCUT2D eigenvalue weighted by Crippen LogP contribution is 2.21. The van der Waals surface area contributed by atoms with Crippen molar-refractivity contribution < 1.29 is 14.4 Å². The van der Waals surface area contributed by atoms with Crippen LogP contribution in [-0.4, -0.2) is 77.5 Å². The van der Waals surface area contributed by atoms with E-state index in [4.69, 9.17) is 0 Å². The maximum atomic E-state index is 13.1. The number of fused-ring (bicyclic) bond motifs is 1. The van der Waals surface area contributed by atoms with Gasteiger partial charge in [0.1, 0.15) is 11.5 Å². The molecular weight excluding hydrogens is 397 g/mol. The standard InChI is InChI=1S/C23H30FN5O2/c1-26-12-9-21(25-31)20-8-13-29(22(20)23(26)30)11-3-2-10-27-14-16-28(17-15-27)19-6-4-18(24)5-7-19/h4-8,13,31H,2-3,9-12,14-17H2,1H3. The molecule has 1 aromatic heterocycles. The van der Waals surface area contributed by atoms with E-state index in [0.29, 0.717) is 24.4 Å². The molecule has 0 bridgehead atoms. The summed E-state index contributed by atoms with van der Waals surface area (Å²) in [6, 6.07) is 8.60. The van der Waals surface area contributed by atoms with Crippen LogP contribution in [0.4, 0.5) is 10.1 Å². The summed E-state index contributed by atoms with van der Waals surface area (Å²) in [5, 5.41) is 12.7. The molecule has 0 spiro atoms. The number of halogens is 1. The van der Waals surface area contributed by atoms with E-state index < -0.39 is 0 Å². The number of unbranched alkanes of at least 4 members (excludes halogenated alkanes) is 1. The molecule has 2 aromatic rings. The van der Waals surface area contributed by atoms with E-state index in [1.807, 2.05) is 29.0 Å². The van der Waals surface area contributed by atoms with Gasteiger partial charge in [-0.1, -0.05) is 5.16 Å². The minimum atomic E-state index is -0.199. The van der Waals surface area contributed by atoms with Gasteiger partial charge in [0, 0.05) is 70.2 Å². The average Bonchev–Trinajstić information content (AvgIpc) is 3.16. The molecule has 0 atom stereocenters. The summed E-state index contributed by atoms with van der Waals surface area (Å²) in [4.78, 5) is 19.2. The second-order valence-electron chi connectivity index (χ2n) is 8.31. The summed E-state index contributed by atoms with van der Waals surface area (Å²) in [6.45, 7) is 6.23. The van der Waals surface area contributed by atoms with Crippen molar-refractivity contribution in [2.24, 2.45) is 5.16 Å². The number of benzene rings is 1. The molecule has 2 aliphatic heterocycles. The number of hydrogen-bond acceptors (Lipinski definition) is 5. The first kappa shape index (κ1) is 21.4. The Morgan fingerprint density at radius 1 is 1.00 bits per heavy atom. The lowest BCUT2D eigenvalue weighted by molar-refractivity contribution is 0.0791. The van der Waals surface area contributed by atoms with Gasteiger partial charge in [-0.3, -0.25) is 9.69 Å². The number of rotatable bonds is 6. The smallest absolute Gasteiger partial charge is 0.270 e.